The van der Waals surface area contributed by atoms with Gasteiger partial charge in [-0.25, -0.2) is 0 Å². The Morgan fingerprint density at radius 2 is 2.20 bits per heavy atom. The van der Waals surface area contributed by atoms with Gasteiger partial charge in [0.1, 0.15) is 0 Å². The van der Waals surface area contributed by atoms with Gasteiger partial charge in [0.2, 0.25) is 5.91 Å². The summed E-state index contributed by atoms with van der Waals surface area (Å²) in [5.41, 5.74) is 2.27. The molecule has 1 atom stereocenters. The molecule has 0 spiro atoms. The molecular formula is C13H13NO. The quantitative estimate of drug-likeness (QED) is 0.633. The minimum atomic E-state index is -0.0396. The Morgan fingerprint density at radius 3 is 2.80 bits per heavy atom. The van der Waals surface area contributed by atoms with E-state index in [0.717, 1.165) is 17.5 Å². The number of rotatable bonds is 1. The number of carbonyl (C=O) groups excluding carboxylic acids is 1. The van der Waals surface area contributed by atoms with Crippen molar-refractivity contribution in [1.29, 1.82) is 0 Å². The molecule has 15 heavy (non-hydrogen) atoms. The fourth-order valence-electron chi connectivity index (χ4n) is 2.07. The van der Waals surface area contributed by atoms with Crippen LogP contribution in [0.1, 0.15) is 23.5 Å². The van der Waals surface area contributed by atoms with E-state index in [1.807, 2.05) is 31.2 Å². The van der Waals surface area contributed by atoms with Crippen LogP contribution in [0.4, 0.5) is 0 Å². The average Bonchev–Trinajstić information content (AvgIpc) is 2.60. The van der Waals surface area contributed by atoms with Crippen molar-refractivity contribution in [2.24, 2.45) is 0 Å². The van der Waals surface area contributed by atoms with Crippen LogP contribution >= 0.6 is 0 Å². The Hall–Kier alpha value is -1.75. The van der Waals surface area contributed by atoms with Crippen molar-refractivity contribution < 1.29 is 4.79 Å². The molecule has 1 saturated heterocycles. The zero-order valence-corrected chi connectivity index (χ0v) is 8.73. The molecule has 2 nitrogen and oxygen atoms in total. The van der Waals surface area contributed by atoms with Gasteiger partial charge in [0, 0.05) is 12.6 Å². The Balaban J connectivity index is 2.32. The Kier molecular flexibility index (Phi) is 2.47. The molecule has 1 aliphatic rings. The normalized spacial score (nSPS) is 20.4. The summed E-state index contributed by atoms with van der Waals surface area (Å²) >= 11 is 0. The molecule has 0 aromatic heterocycles. The number of amides is 1. The number of benzene rings is 1. The van der Waals surface area contributed by atoms with Crippen LogP contribution < -0.4 is 0 Å². The monoisotopic (exact) mass is 199 g/mol. The third kappa shape index (κ3) is 1.61. The van der Waals surface area contributed by atoms with Crippen molar-refractivity contribution in [2.75, 3.05) is 6.54 Å². The summed E-state index contributed by atoms with van der Waals surface area (Å²) in [5, 5.41) is 0. The minimum absolute atomic E-state index is 0.0396. The number of terminal acetylenes is 1. The van der Waals surface area contributed by atoms with Crippen molar-refractivity contribution >= 4 is 5.91 Å². The van der Waals surface area contributed by atoms with Gasteiger partial charge in [0.25, 0.3) is 0 Å². The van der Waals surface area contributed by atoms with Crippen molar-refractivity contribution in [3.63, 3.8) is 0 Å². The highest BCUT2D eigenvalue weighted by molar-refractivity contribution is 5.87. The molecule has 0 N–H and O–H groups in total. The molecule has 1 fully saturated rings. The highest BCUT2D eigenvalue weighted by Gasteiger charge is 2.32. The van der Waals surface area contributed by atoms with Crippen LogP contribution in [0.5, 0.6) is 0 Å². The fraction of sp³-hybridized carbons (Fsp3) is 0.308. The van der Waals surface area contributed by atoms with E-state index in [2.05, 4.69) is 6.04 Å². The maximum Gasteiger partial charge on any atom is 0.241 e. The number of likely N-dealkylation sites (tertiary alicyclic amines) is 1. The Morgan fingerprint density at radius 1 is 1.47 bits per heavy atom. The zero-order chi connectivity index (χ0) is 10.8. The van der Waals surface area contributed by atoms with Gasteiger partial charge in [-0.05, 0) is 24.5 Å². The van der Waals surface area contributed by atoms with Crippen LogP contribution in [0.3, 0.4) is 0 Å². The lowest BCUT2D eigenvalue weighted by Gasteiger charge is -2.11. The van der Waals surface area contributed by atoms with Gasteiger partial charge in [-0.1, -0.05) is 30.7 Å². The molecule has 1 aromatic rings. The summed E-state index contributed by atoms with van der Waals surface area (Å²) in [7, 11) is 0. The van der Waals surface area contributed by atoms with E-state index in [-0.39, 0.29) is 11.8 Å². The van der Waals surface area contributed by atoms with Crippen LogP contribution in [0.15, 0.2) is 24.3 Å². The summed E-state index contributed by atoms with van der Waals surface area (Å²) in [5.74, 6) is 0.0223. The topological polar surface area (TPSA) is 20.3 Å². The molecule has 0 aliphatic carbocycles. The van der Waals surface area contributed by atoms with Gasteiger partial charge in [0.05, 0.1) is 5.92 Å². The molecule has 76 valence electrons. The molecule has 1 aliphatic heterocycles. The second kappa shape index (κ2) is 3.78. The maximum absolute atomic E-state index is 11.9. The highest BCUT2D eigenvalue weighted by Crippen LogP contribution is 2.29. The molecule has 2 heteroatoms. The van der Waals surface area contributed by atoms with Gasteiger partial charge in [0.15, 0.2) is 0 Å². The number of nitrogens with zero attached hydrogens (tertiary/aromatic N) is 1. The lowest BCUT2D eigenvalue weighted by Crippen LogP contribution is -2.21. The highest BCUT2D eigenvalue weighted by atomic mass is 16.2. The summed E-state index contributed by atoms with van der Waals surface area (Å²) in [6.07, 6.45) is 6.08. The van der Waals surface area contributed by atoms with Crippen LogP contribution in [0.2, 0.25) is 0 Å². The lowest BCUT2D eigenvalue weighted by molar-refractivity contribution is -0.126. The zero-order valence-electron chi connectivity index (χ0n) is 8.73. The number of carbonyl (C=O) groups is 1. The van der Waals surface area contributed by atoms with Crippen LogP contribution in [0.25, 0.3) is 0 Å². The summed E-state index contributed by atoms with van der Waals surface area (Å²) < 4.78 is 0. The van der Waals surface area contributed by atoms with E-state index in [1.165, 1.54) is 4.90 Å². The molecule has 0 radical (unpaired) electrons. The second-order valence-corrected chi connectivity index (χ2v) is 3.82. The number of hydrogen-bond acceptors (Lipinski definition) is 1. The smallest absolute Gasteiger partial charge is 0.241 e. The molecule has 1 amide bonds. The summed E-state index contributed by atoms with van der Waals surface area (Å²) in [6.45, 7) is 2.70. The largest absolute Gasteiger partial charge is 0.273 e. The van der Waals surface area contributed by atoms with Gasteiger partial charge in [-0.2, -0.15) is 0 Å². The molecule has 2 rings (SSSR count). The van der Waals surface area contributed by atoms with Crippen molar-refractivity contribution in [3.05, 3.63) is 35.4 Å². The second-order valence-electron chi connectivity index (χ2n) is 3.82. The summed E-state index contributed by atoms with van der Waals surface area (Å²) in [6, 6.07) is 10.4. The van der Waals surface area contributed by atoms with Gasteiger partial charge in [-0.3, -0.25) is 9.69 Å². The lowest BCUT2D eigenvalue weighted by atomic mass is 9.94. The molecule has 1 heterocycles. The first kappa shape index (κ1) is 9.79. The SMILES string of the molecule is C#CN1CCC(c2ccccc2C)C1=O. The van der Waals surface area contributed by atoms with E-state index in [9.17, 15) is 4.79 Å². The first-order chi connectivity index (χ1) is 7.24. The predicted molar refractivity (Wildman–Crippen MR) is 59.1 cm³/mol. The van der Waals surface area contributed by atoms with E-state index in [1.54, 1.807) is 0 Å². The third-order valence-corrected chi connectivity index (χ3v) is 2.93. The van der Waals surface area contributed by atoms with Crippen molar-refractivity contribution in [2.45, 2.75) is 19.3 Å². The van der Waals surface area contributed by atoms with Gasteiger partial charge < -0.3 is 0 Å². The van der Waals surface area contributed by atoms with Crippen LogP contribution in [-0.4, -0.2) is 17.4 Å². The Labute approximate surface area is 89.9 Å². The first-order valence-corrected chi connectivity index (χ1v) is 5.07. The van der Waals surface area contributed by atoms with E-state index >= 15 is 0 Å². The average molecular weight is 199 g/mol. The predicted octanol–water partition coefficient (Wildman–Crippen LogP) is 1.90. The third-order valence-electron chi connectivity index (χ3n) is 2.93. The van der Waals surface area contributed by atoms with Gasteiger partial charge >= 0.3 is 0 Å². The van der Waals surface area contributed by atoms with Gasteiger partial charge in [-0.15, -0.1) is 0 Å². The van der Waals surface area contributed by atoms with Crippen LogP contribution in [0, 0.1) is 19.4 Å². The Bertz CT molecular complexity index is 430. The van der Waals surface area contributed by atoms with E-state index in [0.29, 0.717) is 6.54 Å². The van der Waals surface area contributed by atoms with Crippen molar-refractivity contribution in [1.82, 2.24) is 4.90 Å². The van der Waals surface area contributed by atoms with Crippen LogP contribution in [-0.2, 0) is 4.79 Å². The fourth-order valence-corrected chi connectivity index (χ4v) is 2.07. The van der Waals surface area contributed by atoms with E-state index in [4.69, 9.17) is 6.42 Å². The van der Waals surface area contributed by atoms with E-state index < -0.39 is 0 Å². The molecule has 0 saturated carbocycles. The van der Waals surface area contributed by atoms with Crippen molar-refractivity contribution in [3.8, 4) is 12.5 Å². The standard InChI is InChI=1S/C13H13NO/c1-3-14-9-8-12(13(14)15)11-7-5-4-6-10(11)2/h1,4-7,12H,8-9H2,2H3. The maximum atomic E-state index is 11.9. The number of aryl methyl sites for hydroxylation is 1. The minimum Gasteiger partial charge on any atom is -0.273 e. The molecule has 1 unspecified atom stereocenters. The molecule has 0 bridgehead atoms. The molecular weight excluding hydrogens is 186 g/mol. The number of hydrogen-bond donors (Lipinski definition) is 0. The first-order valence-electron chi connectivity index (χ1n) is 5.07. The summed E-state index contributed by atoms with van der Waals surface area (Å²) in [4.78, 5) is 13.3. The molecule has 1 aromatic carbocycles.